The highest BCUT2D eigenvalue weighted by atomic mass is 16.5. The number of aliphatic hydroxyl groups excluding tert-OH is 2. The van der Waals surface area contributed by atoms with Crippen molar-refractivity contribution in [2.45, 2.75) is 90.8 Å². The van der Waals surface area contributed by atoms with Crippen LogP contribution in [0.3, 0.4) is 0 Å². The largest absolute Gasteiger partial charge is 0.393 e. The molecule has 10 atom stereocenters. The Hall–Kier alpha value is -0.450. The van der Waals surface area contributed by atoms with Gasteiger partial charge in [0.1, 0.15) is 5.78 Å². The second-order valence-electron chi connectivity index (χ2n) is 11.5. The molecule has 0 bridgehead atoms. The summed E-state index contributed by atoms with van der Waals surface area (Å²) < 4.78 is 5.26. The maximum atomic E-state index is 12.1. The Labute approximate surface area is 176 Å². The van der Waals surface area contributed by atoms with Crippen molar-refractivity contribution in [1.29, 1.82) is 0 Å². The Morgan fingerprint density at radius 3 is 2.66 bits per heavy atom. The highest BCUT2D eigenvalue weighted by molar-refractivity contribution is 5.79. The number of rotatable bonds is 5. The standard InChI is InChI=1S/C25H42O4/c1-15(6-5-11-29-4)18-7-8-19-23-20(14-22(28)25(18,19)3)24(2)10-9-17(26)12-16(24)13-21(23)27/h15-16,18-23,27-28H,5-14H2,1-4H3/t15?,16-,18?,19?,20?,21+,22-,23?,24-,25+/m0/s1. The first-order valence-electron chi connectivity index (χ1n) is 12.1. The Balaban J connectivity index is 1.59. The van der Waals surface area contributed by atoms with Gasteiger partial charge in [0.25, 0.3) is 0 Å². The lowest BCUT2D eigenvalue weighted by atomic mass is 9.43. The van der Waals surface area contributed by atoms with Crippen LogP contribution in [0, 0.1) is 46.3 Å². The molecule has 4 aliphatic rings. The van der Waals surface area contributed by atoms with E-state index in [9.17, 15) is 15.0 Å². The second kappa shape index (κ2) is 7.91. The van der Waals surface area contributed by atoms with Crippen LogP contribution in [0.15, 0.2) is 0 Å². The summed E-state index contributed by atoms with van der Waals surface area (Å²) in [6, 6.07) is 0. The van der Waals surface area contributed by atoms with E-state index in [1.54, 1.807) is 7.11 Å². The van der Waals surface area contributed by atoms with Gasteiger partial charge in [-0.2, -0.15) is 0 Å². The summed E-state index contributed by atoms with van der Waals surface area (Å²) >= 11 is 0. The molecule has 0 aliphatic heterocycles. The third kappa shape index (κ3) is 3.32. The number of methoxy groups -OCH3 is 1. The first-order chi connectivity index (χ1) is 13.7. The number of hydrogen-bond donors (Lipinski definition) is 2. The summed E-state index contributed by atoms with van der Waals surface area (Å²) in [7, 11) is 1.76. The number of ketones is 1. The highest BCUT2D eigenvalue weighted by Crippen LogP contribution is 2.68. The van der Waals surface area contributed by atoms with Gasteiger partial charge in [0.05, 0.1) is 12.2 Å². The van der Waals surface area contributed by atoms with E-state index in [0.29, 0.717) is 48.2 Å². The third-order valence-corrected chi connectivity index (χ3v) is 10.4. The average Bonchev–Trinajstić information content (AvgIpc) is 3.03. The van der Waals surface area contributed by atoms with Crippen LogP contribution in [0.1, 0.15) is 78.6 Å². The molecule has 0 aromatic heterocycles. The second-order valence-corrected chi connectivity index (χ2v) is 11.5. The molecule has 4 rings (SSSR count). The molecular formula is C25H42O4. The van der Waals surface area contributed by atoms with Crippen LogP contribution in [-0.4, -0.2) is 41.9 Å². The van der Waals surface area contributed by atoms with Crippen molar-refractivity contribution in [2.75, 3.05) is 13.7 Å². The van der Waals surface area contributed by atoms with Crippen molar-refractivity contribution in [1.82, 2.24) is 0 Å². The zero-order chi connectivity index (χ0) is 21.0. The van der Waals surface area contributed by atoms with E-state index in [0.717, 1.165) is 45.1 Å². The van der Waals surface area contributed by atoms with Gasteiger partial charge < -0.3 is 14.9 Å². The van der Waals surface area contributed by atoms with Crippen LogP contribution >= 0.6 is 0 Å². The number of Topliss-reactive ketones (excluding diaryl/α,β-unsaturated/α-hetero) is 1. The normalized spacial score (nSPS) is 50.6. The SMILES string of the molecule is COCCCC(C)C1CCC2C3C(C[C@H](O)[C@]12C)[C@@]1(C)CCC(=O)C[C@H]1C[C@H]3O. The summed E-state index contributed by atoms with van der Waals surface area (Å²) in [6.07, 6.45) is 7.74. The van der Waals surface area contributed by atoms with Crippen LogP contribution in [-0.2, 0) is 9.53 Å². The summed E-state index contributed by atoms with van der Waals surface area (Å²) in [6.45, 7) is 7.85. The van der Waals surface area contributed by atoms with Gasteiger partial charge >= 0.3 is 0 Å². The summed E-state index contributed by atoms with van der Waals surface area (Å²) in [4.78, 5) is 12.1. The molecule has 0 spiro atoms. The van der Waals surface area contributed by atoms with Gasteiger partial charge in [-0.3, -0.25) is 4.79 Å². The minimum absolute atomic E-state index is 0.0949. The van der Waals surface area contributed by atoms with E-state index >= 15 is 0 Å². The summed E-state index contributed by atoms with van der Waals surface area (Å²) in [5.74, 6) is 2.78. The first kappa shape index (κ1) is 21.8. The van der Waals surface area contributed by atoms with E-state index < -0.39 is 0 Å². The minimum Gasteiger partial charge on any atom is -0.393 e. The Morgan fingerprint density at radius 2 is 1.93 bits per heavy atom. The van der Waals surface area contributed by atoms with E-state index in [-0.39, 0.29) is 29.0 Å². The lowest BCUT2D eigenvalue weighted by Gasteiger charge is -2.63. The smallest absolute Gasteiger partial charge is 0.133 e. The minimum atomic E-state index is -0.316. The topological polar surface area (TPSA) is 66.8 Å². The molecule has 0 aromatic rings. The van der Waals surface area contributed by atoms with E-state index in [4.69, 9.17) is 4.74 Å². The molecule has 0 aromatic carbocycles. The fraction of sp³-hybridized carbons (Fsp3) is 0.960. The monoisotopic (exact) mass is 406 g/mol. The van der Waals surface area contributed by atoms with Gasteiger partial charge in [0, 0.05) is 26.6 Å². The number of hydrogen-bond acceptors (Lipinski definition) is 4. The number of ether oxygens (including phenoxy) is 1. The molecule has 2 N–H and O–H groups in total. The average molecular weight is 407 g/mol. The molecule has 4 heteroatoms. The molecule has 5 unspecified atom stereocenters. The predicted octanol–water partition coefficient (Wildman–Crippen LogP) is 4.22. The van der Waals surface area contributed by atoms with E-state index in [1.807, 2.05) is 0 Å². The van der Waals surface area contributed by atoms with Crippen LogP contribution < -0.4 is 0 Å². The highest BCUT2D eigenvalue weighted by Gasteiger charge is 2.65. The molecular weight excluding hydrogens is 364 g/mol. The lowest BCUT2D eigenvalue weighted by molar-refractivity contribution is -0.201. The van der Waals surface area contributed by atoms with E-state index in [1.165, 1.54) is 6.42 Å². The molecule has 4 fully saturated rings. The Kier molecular flexibility index (Phi) is 5.94. The van der Waals surface area contributed by atoms with Crippen LogP contribution in [0.5, 0.6) is 0 Å². The van der Waals surface area contributed by atoms with Crippen molar-refractivity contribution in [3.8, 4) is 0 Å². The van der Waals surface area contributed by atoms with Crippen molar-refractivity contribution >= 4 is 5.78 Å². The fourth-order valence-electron chi connectivity index (χ4n) is 8.70. The molecule has 166 valence electrons. The maximum Gasteiger partial charge on any atom is 0.133 e. The molecule has 0 heterocycles. The molecule has 29 heavy (non-hydrogen) atoms. The van der Waals surface area contributed by atoms with Gasteiger partial charge in [-0.25, -0.2) is 0 Å². The molecule has 0 amide bonds. The third-order valence-electron chi connectivity index (χ3n) is 10.4. The quantitative estimate of drug-likeness (QED) is 0.671. The van der Waals surface area contributed by atoms with Crippen molar-refractivity contribution in [3.63, 3.8) is 0 Å². The Morgan fingerprint density at radius 1 is 1.17 bits per heavy atom. The molecule has 0 saturated heterocycles. The predicted molar refractivity (Wildman–Crippen MR) is 113 cm³/mol. The van der Waals surface area contributed by atoms with Gasteiger partial charge in [0.2, 0.25) is 0 Å². The molecule has 4 saturated carbocycles. The van der Waals surface area contributed by atoms with Gasteiger partial charge in [0.15, 0.2) is 0 Å². The number of fused-ring (bicyclic) bond motifs is 5. The molecule has 4 nitrogen and oxygen atoms in total. The fourth-order valence-corrected chi connectivity index (χ4v) is 8.70. The summed E-state index contributed by atoms with van der Waals surface area (Å²) in [5.41, 5.74) is 0.00457. The van der Waals surface area contributed by atoms with Crippen LogP contribution in [0.2, 0.25) is 0 Å². The first-order valence-corrected chi connectivity index (χ1v) is 12.1. The zero-order valence-electron chi connectivity index (χ0n) is 18.9. The number of carbonyl (C=O) groups is 1. The number of aliphatic hydroxyl groups is 2. The van der Waals surface area contributed by atoms with Gasteiger partial charge in [-0.15, -0.1) is 0 Å². The van der Waals surface area contributed by atoms with E-state index in [2.05, 4.69) is 20.8 Å². The number of carbonyl (C=O) groups excluding carboxylic acids is 1. The van der Waals surface area contributed by atoms with Crippen molar-refractivity contribution in [2.24, 2.45) is 46.3 Å². The van der Waals surface area contributed by atoms with Crippen LogP contribution in [0.4, 0.5) is 0 Å². The van der Waals surface area contributed by atoms with Gasteiger partial charge in [-0.05, 0) is 91.3 Å². The van der Waals surface area contributed by atoms with Crippen molar-refractivity contribution in [3.05, 3.63) is 0 Å². The Bertz CT molecular complexity index is 620. The lowest BCUT2D eigenvalue weighted by Crippen LogP contribution is -2.62. The van der Waals surface area contributed by atoms with Crippen molar-refractivity contribution < 1.29 is 19.7 Å². The molecule has 0 radical (unpaired) electrons. The van der Waals surface area contributed by atoms with Gasteiger partial charge in [-0.1, -0.05) is 20.8 Å². The molecule has 4 aliphatic carbocycles. The maximum absolute atomic E-state index is 12.1. The zero-order valence-corrected chi connectivity index (χ0v) is 18.9. The van der Waals surface area contributed by atoms with Crippen LogP contribution in [0.25, 0.3) is 0 Å². The summed E-state index contributed by atoms with van der Waals surface area (Å²) in [5, 5.41) is 22.8.